The third kappa shape index (κ3) is 8.20. The maximum atomic E-state index is 15.2. The van der Waals surface area contributed by atoms with E-state index in [1.54, 1.807) is 20.3 Å². The van der Waals surface area contributed by atoms with Crippen molar-refractivity contribution in [3.63, 3.8) is 0 Å². The Balaban J connectivity index is 1.63. The van der Waals surface area contributed by atoms with Gasteiger partial charge in [-0.05, 0) is 104 Å². The number of allylic oxidation sites excluding steroid dienone is 3. The highest BCUT2D eigenvalue weighted by molar-refractivity contribution is 6.42. The number of quaternary nitrogens is 1. The summed E-state index contributed by atoms with van der Waals surface area (Å²) in [5.41, 5.74) is 8.55. The number of aliphatic imine (C=N–C) groups is 1. The monoisotopic (exact) mass is 660 g/mol. The lowest BCUT2D eigenvalue weighted by atomic mass is 9.94. The van der Waals surface area contributed by atoms with Gasteiger partial charge in [0.25, 0.3) is 0 Å². The minimum absolute atomic E-state index is 0.412. The molecule has 0 spiro atoms. The molecule has 0 saturated heterocycles. The van der Waals surface area contributed by atoms with Crippen molar-refractivity contribution < 1.29 is 22.6 Å². The molecule has 1 aliphatic heterocycles. The van der Waals surface area contributed by atoms with Crippen molar-refractivity contribution in [1.29, 1.82) is 0 Å². The van der Waals surface area contributed by atoms with Crippen LogP contribution in [0.4, 0.5) is 8.63 Å². The van der Waals surface area contributed by atoms with Gasteiger partial charge in [0, 0.05) is 22.5 Å². The molecule has 0 N–H and O–H groups in total. The summed E-state index contributed by atoms with van der Waals surface area (Å²) in [5.74, 6) is 1.52. The molecule has 5 nitrogen and oxygen atoms in total. The number of nitrogens with zero attached hydrogens (tertiary/aromatic N) is 3. The van der Waals surface area contributed by atoms with E-state index in [1.807, 2.05) is 92.7 Å². The van der Waals surface area contributed by atoms with Crippen molar-refractivity contribution >= 4 is 36.9 Å². The van der Waals surface area contributed by atoms with E-state index < -0.39 is 7.40 Å². The quantitative estimate of drug-likeness (QED) is 0.106. The fourth-order valence-corrected chi connectivity index (χ4v) is 6.06. The van der Waals surface area contributed by atoms with Gasteiger partial charge in [-0.1, -0.05) is 60.7 Å². The Morgan fingerprint density at radius 1 is 0.796 bits per heavy atom. The molecule has 5 rings (SSSR count). The first-order valence-electron chi connectivity index (χ1n) is 16.7. The number of benzene rings is 3. The van der Waals surface area contributed by atoms with Gasteiger partial charge in [0.1, 0.15) is 18.0 Å². The molecule has 0 amide bonds. The van der Waals surface area contributed by atoms with E-state index in [9.17, 15) is 0 Å². The summed E-state index contributed by atoms with van der Waals surface area (Å²) in [6.07, 6.45) is 9.54. The lowest BCUT2D eigenvalue weighted by Crippen LogP contribution is -2.42. The second-order valence-electron chi connectivity index (χ2n) is 12.7. The number of hydrogen-bond acceptors (Lipinski definition) is 3. The van der Waals surface area contributed by atoms with Crippen molar-refractivity contribution in [3.8, 4) is 11.5 Å². The molecule has 3 aromatic carbocycles. The van der Waals surface area contributed by atoms with Crippen LogP contribution in [-0.4, -0.2) is 56.4 Å². The van der Waals surface area contributed by atoms with Crippen molar-refractivity contribution in [1.82, 2.24) is 4.48 Å². The summed E-state index contributed by atoms with van der Waals surface area (Å²) < 4.78 is 42.9. The van der Waals surface area contributed by atoms with Gasteiger partial charge in [-0.2, -0.15) is 0 Å². The molecule has 0 saturated carbocycles. The summed E-state index contributed by atoms with van der Waals surface area (Å²) in [4.78, 5) is 5.04. The fraction of sp³-hybridized carbons (Fsp3) is 0.244. The third-order valence-corrected chi connectivity index (χ3v) is 9.36. The van der Waals surface area contributed by atoms with E-state index in [2.05, 4.69) is 45.2 Å². The lowest BCUT2D eigenvalue weighted by Gasteiger charge is -2.32. The van der Waals surface area contributed by atoms with Crippen molar-refractivity contribution in [2.45, 2.75) is 34.2 Å². The molecule has 1 aliphatic rings. The predicted molar refractivity (Wildman–Crippen MR) is 201 cm³/mol. The van der Waals surface area contributed by atoms with Crippen LogP contribution in [0.5, 0.6) is 11.5 Å². The Kier molecular flexibility index (Phi) is 11.2. The Morgan fingerprint density at radius 2 is 1.35 bits per heavy atom. The van der Waals surface area contributed by atoms with Gasteiger partial charge >= 0.3 is 7.40 Å². The summed E-state index contributed by atoms with van der Waals surface area (Å²) in [7, 11) is 2.74. The molecule has 252 valence electrons. The van der Waals surface area contributed by atoms with E-state index >= 15 is 8.63 Å². The molecule has 2 heterocycles. The van der Waals surface area contributed by atoms with E-state index in [0.717, 1.165) is 73.6 Å². The molecule has 1 aromatic heterocycles. The Morgan fingerprint density at radius 3 is 1.86 bits per heavy atom. The predicted octanol–water partition coefficient (Wildman–Crippen LogP) is 9.62. The number of ether oxygens (including phenoxy) is 2. The average molecular weight is 661 g/mol. The number of halogens is 2. The van der Waals surface area contributed by atoms with Crippen molar-refractivity contribution in [2.24, 2.45) is 4.99 Å². The van der Waals surface area contributed by atoms with Crippen LogP contribution in [0.1, 0.15) is 60.0 Å². The van der Waals surface area contributed by atoms with Gasteiger partial charge in [0.15, 0.2) is 0 Å². The minimum Gasteiger partial charge on any atom is -0.497 e. The molecule has 8 heteroatoms. The summed E-state index contributed by atoms with van der Waals surface area (Å²) in [6, 6.07) is 25.5. The first kappa shape index (κ1) is 35.4. The van der Waals surface area contributed by atoms with Gasteiger partial charge in [-0.15, -0.1) is 0 Å². The van der Waals surface area contributed by atoms with Gasteiger partial charge in [0.05, 0.1) is 45.8 Å². The molecule has 0 aliphatic carbocycles. The number of methoxy groups -OCH3 is 2. The maximum absolute atomic E-state index is 15.2. The van der Waals surface area contributed by atoms with E-state index in [4.69, 9.17) is 14.5 Å². The van der Waals surface area contributed by atoms with Crippen LogP contribution >= 0.6 is 0 Å². The molecule has 4 aromatic rings. The zero-order chi connectivity index (χ0) is 35.1. The molecular formula is C41H45BF2N3O2+. The van der Waals surface area contributed by atoms with Crippen LogP contribution in [-0.2, 0) is 6.54 Å². The normalized spacial score (nSPS) is 14.4. The fourth-order valence-electron chi connectivity index (χ4n) is 6.06. The van der Waals surface area contributed by atoms with E-state index in [-0.39, 0.29) is 0 Å². The standard InChI is InChI=1S/C41H45BF2N3O2/c1-8-47(5,9-2)28-33-10-18-34(19-11-33)39(40-29(3)26-35(45-40)20-12-31-14-22-37(48-6)23-15-31)41-30(4)27-36(46(41)42(43)44)21-13-32-16-24-38(49-7)25-17-32/h10-27H,8-9,28H2,1-7H3/q+1/b20-12+,21-13+,40-39-. The lowest BCUT2D eigenvalue weighted by molar-refractivity contribution is -0.919. The van der Waals surface area contributed by atoms with Crippen LogP contribution in [0.3, 0.4) is 0 Å². The number of aromatic nitrogens is 1. The second-order valence-corrected chi connectivity index (χ2v) is 12.7. The molecule has 0 atom stereocenters. The topological polar surface area (TPSA) is 35.8 Å². The van der Waals surface area contributed by atoms with Crippen LogP contribution < -0.4 is 9.47 Å². The number of aryl methyl sites for hydroxylation is 1. The Labute approximate surface area is 290 Å². The molecule has 0 radical (unpaired) electrons. The van der Waals surface area contributed by atoms with Gasteiger partial charge in [-0.25, -0.2) is 4.99 Å². The van der Waals surface area contributed by atoms with Crippen LogP contribution in [0.15, 0.2) is 107 Å². The van der Waals surface area contributed by atoms with Gasteiger partial charge < -0.3 is 18.4 Å². The van der Waals surface area contributed by atoms with Crippen LogP contribution in [0.2, 0.25) is 0 Å². The zero-order valence-electron chi connectivity index (χ0n) is 29.5. The number of rotatable bonds is 13. The van der Waals surface area contributed by atoms with Crippen molar-refractivity contribution in [3.05, 3.63) is 141 Å². The SMILES string of the molecule is CC[N+](C)(CC)Cc1ccc(/C(=C2N=C(/C=C/c3ccc(OC)cc3)C=C/2C)c2c(C)cc(/C=C/c3ccc(OC)cc3)n2B(F)F)cc1. The smallest absolute Gasteiger partial charge is 0.497 e. The Bertz CT molecular complexity index is 1910. The molecular weight excluding hydrogens is 615 g/mol. The van der Waals surface area contributed by atoms with Crippen molar-refractivity contribution in [2.75, 3.05) is 34.4 Å². The largest absolute Gasteiger partial charge is 0.678 e. The highest BCUT2D eigenvalue weighted by Gasteiger charge is 2.30. The summed E-state index contributed by atoms with van der Waals surface area (Å²) in [6.45, 7) is 11.2. The Hall–Kier alpha value is -4.95. The summed E-state index contributed by atoms with van der Waals surface area (Å²) in [5, 5.41) is 0. The van der Waals surface area contributed by atoms with E-state index in [0.29, 0.717) is 22.7 Å². The zero-order valence-corrected chi connectivity index (χ0v) is 29.5. The van der Waals surface area contributed by atoms with Crippen LogP contribution in [0.25, 0.3) is 23.8 Å². The molecule has 0 unspecified atom stereocenters. The average Bonchev–Trinajstić information content (AvgIpc) is 3.66. The van der Waals surface area contributed by atoms with Crippen LogP contribution in [0, 0.1) is 6.92 Å². The summed E-state index contributed by atoms with van der Waals surface area (Å²) >= 11 is 0. The maximum Gasteiger partial charge on any atom is 0.678 e. The van der Waals surface area contributed by atoms with Gasteiger partial charge in [-0.3, -0.25) is 8.63 Å². The van der Waals surface area contributed by atoms with Gasteiger partial charge in [0.2, 0.25) is 0 Å². The minimum atomic E-state index is -2.77. The second kappa shape index (κ2) is 15.5. The first-order valence-corrected chi connectivity index (χ1v) is 16.7. The molecule has 0 bridgehead atoms. The first-order chi connectivity index (χ1) is 23.6. The third-order valence-electron chi connectivity index (χ3n) is 9.36. The highest BCUT2D eigenvalue weighted by Crippen LogP contribution is 2.38. The number of hydrogen-bond donors (Lipinski definition) is 0. The molecule has 0 fully saturated rings. The highest BCUT2D eigenvalue weighted by atomic mass is 19.2. The van der Waals surface area contributed by atoms with E-state index in [1.165, 1.54) is 5.56 Å². The molecule has 49 heavy (non-hydrogen) atoms.